The van der Waals surface area contributed by atoms with Crippen molar-refractivity contribution in [3.8, 4) is 5.75 Å². The van der Waals surface area contributed by atoms with Crippen LogP contribution in [-0.4, -0.2) is 46.2 Å². The molecule has 0 unspecified atom stereocenters. The Morgan fingerprint density at radius 2 is 1.88 bits per heavy atom. The monoisotopic (exact) mass is 392 g/mol. The van der Waals surface area contributed by atoms with Crippen molar-refractivity contribution in [1.29, 1.82) is 0 Å². The van der Waals surface area contributed by atoms with E-state index in [1.165, 1.54) is 0 Å². The van der Waals surface area contributed by atoms with E-state index in [9.17, 15) is 13.2 Å². The van der Waals surface area contributed by atoms with Gasteiger partial charge in [0, 0.05) is 11.3 Å². The molecule has 0 aliphatic heterocycles. The van der Waals surface area contributed by atoms with Gasteiger partial charge in [-0.05, 0) is 24.1 Å². The quantitative estimate of drug-likeness (QED) is 0.309. The van der Waals surface area contributed by atoms with Crippen molar-refractivity contribution < 1.29 is 26.9 Å². The van der Waals surface area contributed by atoms with Crippen LogP contribution in [-0.2, 0) is 30.4 Å². The lowest BCUT2D eigenvalue weighted by atomic mass is 9.88. The van der Waals surface area contributed by atoms with Gasteiger partial charge >= 0.3 is 0 Å². The molecule has 0 saturated carbocycles. The molecule has 0 aromatic heterocycles. The van der Waals surface area contributed by atoms with Crippen molar-refractivity contribution in [2.75, 3.05) is 25.3 Å². The summed E-state index contributed by atoms with van der Waals surface area (Å²) in [4.78, 5) is 11.4. The molecule has 0 N–H and O–H groups in total. The van der Waals surface area contributed by atoms with Crippen LogP contribution in [0.3, 0.4) is 0 Å². The number of ether oxygens (including phenoxy) is 2. The highest BCUT2D eigenvalue weighted by Crippen LogP contribution is 2.25. The number of halogens is 1. The van der Waals surface area contributed by atoms with Crippen molar-refractivity contribution in [2.45, 2.75) is 33.0 Å². The van der Waals surface area contributed by atoms with Gasteiger partial charge in [0.05, 0.1) is 26.1 Å². The predicted molar refractivity (Wildman–Crippen MR) is 96.5 cm³/mol. The molecule has 0 saturated heterocycles. The topological polar surface area (TPSA) is 78.9 Å². The van der Waals surface area contributed by atoms with Gasteiger partial charge in [-0.1, -0.05) is 26.0 Å². The number of benzene rings is 1. The molecule has 6 nitrogen and oxygen atoms in total. The van der Waals surface area contributed by atoms with Gasteiger partial charge in [-0.15, -0.1) is 11.6 Å². The molecule has 0 amide bonds. The second-order valence-corrected chi connectivity index (χ2v) is 8.41. The first kappa shape index (κ1) is 21.9. The molecule has 25 heavy (non-hydrogen) atoms. The largest absolute Gasteiger partial charge is 0.497 e. The van der Waals surface area contributed by atoms with Gasteiger partial charge in [0.1, 0.15) is 18.1 Å². The van der Waals surface area contributed by atoms with Crippen LogP contribution in [0.4, 0.5) is 0 Å². The van der Waals surface area contributed by atoms with Crippen LogP contribution in [0.5, 0.6) is 5.75 Å². The molecular formula is C17H25ClO6S. The van der Waals surface area contributed by atoms with E-state index in [0.717, 1.165) is 11.3 Å². The summed E-state index contributed by atoms with van der Waals surface area (Å²) < 4.78 is 39.3. The van der Waals surface area contributed by atoms with Crippen molar-refractivity contribution in [1.82, 2.24) is 0 Å². The lowest BCUT2D eigenvalue weighted by molar-refractivity contribution is -0.129. The minimum Gasteiger partial charge on any atom is -0.497 e. The Balaban J connectivity index is 2.61. The predicted octanol–water partition coefficient (Wildman–Crippen LogP) is 2.78. The van der Waals surface area contributed by atoms with E-state index in [0.29, 0.717) is 12.7 Å². The Kier molecular flexibility index (Phi) is 8.85. The van der Waals surface area contributed by atoms with E-state index < -0.39 is 21.6 Å². The number of methoxy groups -OCH3 is 1. The summed E-state index contributed by atoms with van der Waals surface area (Å²) in [6.45, 7) is 3.51. The van der Waals surface area contributed by atoms with Gasteiger partial charge in [-0.3, -0.25) is 4.18 Å². The van der Waals surface area contributed by atoms with Gasteiger partial charge in [0.25, 0.3) is 10.1 Å². The Morgan fingerprint density at radius 1 is 1.24 bits per heavy atom. The van der Waals surface area contributed by atoms with E-state index in [2.05, 4.69) is 0 Å². The number of aldehydes is 1. The standard InChI is InChI=1S/C17H25ClO6S/c1-17(2,13-24-25(20,21)10-4-9-18)16(11-19)23-12-14-5-7-15(22-3)8-6-14/h5-8,11,16H,4,9-10,12-13H2,1-3H3/t16-/m0/s1. The van der Waals surface area contributed by atoms with E-state index in [4.69, 9.17) is 25.3 Å². The van der Waals surface area contributed by atoms with Gasteiger partial charge in [-0.2, -0.15) is 8.42 Å². The molecule has 0 aliphatic rings. The van der Waals surface area contributed by atoms with Crippen LogP contribution in [0, 0.1) is 5.41 Å². The third-order valence-corrected chi connectivity index (χ3v) is 5.15. The molecule has 0 radical (unpaired) electrons. The molecule has 0 heterocycles. The highest BCUT2D eigenvalue weighted by molar-refractivity contribution is 7.86. The summed E-state index contributed by atoms with van der Waals surface area (Å²) in [7, 11) is -2.08. The van der Waals surface area contributed by atoms with E-state index >= 15 is 0 Å². The van der Waals surface area contributed by atoms with Crippen molar-refractivity contribution in [3.63, 3.8) is 0 Å². The highest BCUT2D eigenvalue weighted by atomic mass is 35.5. The number of hydrogen-bond donors (Lipinski definition) is 0. The first-order chi connectivity index (χ1) is 11.7. The maximum absolute atomic E-state index is 11.8. The normalized spacial score (nSPS) is 13.4. The number of carbonyl (C=O) groups excluding carboxylic acids is 1. The molecule has 1 atom stereocenters. The Hall–Kier alpha value is -1.15. The minimum atomic E-state index is -3.66. The van der Waals surface area contributed by atoms with Gasteiger partial charge < -0.3 is 14.3 Å². The first-order valence-corrected chi connectivity index (χ1v) is 9.98. The maximum atomic E-state index is 11.8. The van der Waals surface area contributed by atoms with E-state index in [1.807, 2.05) is 12.1 Å². The van der Waals surface area contributed by atoms with Gasteiger partial charge in [0.15, 0.2) is 0 Å². The maximum Gasteiger partial charge on any atom is 0.267 e. The summed E-state index contributed by atoms with van der Waals surface area (Å²) in [6, 6.07) is 7.26. The zero-order valence-electron chi connectivity index (χ0n) is 14.7. The molecule has 0 aliphatic carbocycles. The van der Waals surface area contributed by atoms with E-state index in [-0.39, 0.29) is 24.8 Å². The number of hydrogen-bond acceptors (Lipinski definition) is 6. The van der Waals surface area contributed by atoms with E-state index in [1.54, 1.807) is 33.1 Å². The summed E-state index contributed by atoms with van der Waals surface area (Å²) in [6.07, 6.45) is 0.172. The van der Waals surface area contributed by atoms with Crippen LogP contribution < -0.4 is 4.74 Å². The molecule has 8 heteroatoms. The average Bonchev–Trinajstić information content (AvgIpc) is 2.59. The van der Waals surface area contributed by atoms with Crippen molar-refractivity contribution >= 4 is 28.0 Å². The third kappa shape index (κ3) is 7.73. The van der Waals surface area contributed by atoms with Crippen molar-refractivity contribution in [2.24, 2.45) is 5.41 Å². The molecule has 1 aromatic carbocycles. The zero-order valence-corrected chi connectivity index (χ0v) is 16.3. The fourth-order valence-corrected chi connectivity index (χ4v) is 3.36. The molecule has 0 spiro atoms. The van der Waals surface area contributed by atoms with Gasteiger partial charge in [0.2, 0.25) is 0 Å². The first-order valence-electron chi connectivity index (χ1n) is 7.87. The smallest absolute Gasteiger partial charge is 0.267 e. The highest BCUT2D eigenvalue weighted by Gasteiger charge is 2.32. The molecule has 1 aromatic rings. The van der Waals surface area contributed by atoms with Crippen LogP contribution in [0.15, 0.2) is 24.3 Å². The molecule has 142 valence electrons. The fourth-order valence-electron chi connectivity index (χ4n) is 1.97. The molecule has 0 fully saturated rings. The Morgan fingerprint density at radius 3 is 2.40 bits per heavy atom. The van der Waals surface area contributed by atoms with Crippen LogP contribution >= 0.6 is 11.6 Å². The Bertz CT molecular complexity index is 627. The average molecular weight is 393 g/mol. The molecular weight excluding hydrogens is 368 g/mol. The van der Waals surface area contributed by atoms with Crippen molar-refractivity contribution in [3.05, 3.63) is 29.8 Å². The molecule has 1 rings (SSSR count). The second kappa shape index (κ2) is 10.1. The number of carbonyl (C=O) groups is 1. The van der Waals surface area contributed by atoms with Gasteiger partial charge in [-0.25, -0.2) is 0 Å². The SMILES string of the molecule is COc1ccc(CO[C@@H](C=O)C(C)(C)COS(=O)(=O)CCCCl)cc1. The number of alkyl halides is 1. The lowest BCUT2D eigenvalue weighted by Crippen LogP contribution is -2.38. The minimum absolute atomic E-state index is 0.148. The summed E-state index contributed by atoms with van der Waals surface area (Å²) >= 11 is 5.49. The lowest BCUT2D eigenvalue weighted by Gasteiger charge is -2.30. The number of rotatable bonds is 12. The molecule has 0 bridgehead atoms. The third-order valence-electron chi connectivity index (χ3n) is 3.62. The second-order valence-electron chi connectivity index (χ2n) is 6.27. The van der Waals surface area contributed by atoms with Crippen LogP contribution in [0.2, 0.25) is 0 Å². The summed E-state index contributed by atoms with van der Waals surface area (Å²) in [5, 5.41) is 0. The zero-order chi connectivity index (χ0) is 18.9. The van der Waals surface area contributed by atoms with Crippen LogP contribution in [0.1, 0.15) is 25.8 Å². The Labute approximate surface area is 154 Å². The summed E-state index contributed by atoms with van der Waals surface area (Å²) in [5.74, 6) is 0.824. The fraction of sp³-hybridized carbons (Fsp3) is 0.588. The van der Waals surface area contributed by atoms with Crippen LogP contribution in [0.25, 0.3) is 0 Å². The summed E-state index contributed by atoms with van der Waals surface area (Å²) in [5.41, 5.74) is 0.0709.